The van der Waals surface area contributed by atoms with E-state index in [0.717, 1.165) is 24.0 Å². The third-order valence-corrected chi connectivity index (χ3v) is 7.01. The Morgan fingerprint density at radius 2 is 1.83 bits per heavy atom. The molecule has 4 rings (SSSR count). The molecule has 2 amide bonds. The van der Waals surface area contributed by atoms with Crippen LogP contribution in [0.1, 0.15) is 60.6 Å². The van der Waals surface area contributed by atoms with E-state index >= 15 is 0 Å². The van der Waals surface area contributed by atoms with E-state index in [0.29, 0.717) is 29.0 Å². The Bertz CT molecular complexity index is 929. The number of nitrogens with one attached hydrogen (secondary N) is 1. The van der Waals surface area contributed by atoms with Crippen molar-refractivity contribution in [3.63, 3.8) is 0 Å². The van der Waals surface area contributed by atoms with Crippen LogP contribution in [0.2, 0.25) is 5.02 Å². The summed E-state index contributed by atoms with van der Waals surface area (Å²) in [6.07, 6.45) is 3.32. The molecule has 2 aromatic rings. The monoisotopic (exact) mass is 410 g/mol. The van der Waals surface area contributed by atoms with Gasteiger partial charge in [0.15, 0.2) is 0 Å². The van der Waals surface area contributed by atoms with Gasteiger partial charge in [-0.05, 0) is 41.5 Å². The highest BCUT2D eigenvalue weighted by molar-refractivity contribution is 6.31. The molecule has 1 fully saturated rings. The highest BCUT2D eigenvalue weighted by Gasteiger charge is 2.42. The molecule has 1 aliphatic heterocycles. The van der Waals surface area contributed by atoms with Crippen molar-refractivity contribution >= 4 is 23.4 Å². The Balaban J connectivity index is 1.63. The van der Waals surface area contributed by atoms with Gasteiger partial charge in [-0.25, -0.2) is 0 Å². The van der Waals surface area contributed by atoms with E-state index in [2.05, 4.69) is 19.2 Å². The van der Waals surface area contributed by atoms with E-state index in [1.54, 1.807) is 11.0 Å². The maximum absolute atomic E-state index is 13.4. The van der Waals surface area contributed by atoms with Crippen LogP contribution < -0.4 is 5.32 Å². The van der Waals surface area contributed by atoms with Crippen molar-refractivity contribution in [3.8, 4) is 0 Å². The van der Waals surface area contributed by atoms with Gasteiger partial charge in [-0.1, -0.05) is 74.7 Å². The molecule has 1 saturated carbocycles. The molecule has 2 aromatic carbocycles. The van der Waals surface area contributed by atoms with Gasteiger partial charge in [-0.2, -0.15) is 0 Å². The largest absolute Gasteiger partial charge is 0.351 e. The third kappa shape index (κ3) is 3.78. The van der Waals surface area contributed by atoms with Gasteiger partial charge in [0.2, 0.25) is 5.91 Å². The molecule has 5 heteroatoms. The summed E-state index contributed by atoms with van der Waals surface area (Å²) in [5.74, 6) is 0.801. The molecule has 1 heterocycles. The van der Waals surface area contributed by atoms with E-state index < -0.39 is 6.04 Å². The molecule has 0 spiro atoms. The summed E-state index contributed by atoms with van der Waals surface area (Å²) in [6, 6.07) is 14.4. The molecule has 0 bridgehead atoms. The number of amides is 2. The van der Waals surface area contributed by atoms with Crippen LogP contribution in [-0.2, 0) is 11.3 Å². The number of carbonyl (C=O) groups excluding carboxylic acids is 2. The lowest BCUT2D eigenvalue weighted by Crippen LogP contribution is -2.48. The molecule has 0 unspecified atom stereocenters. The van der Waals surface area contributed by atoms with E-state index in [1.807, 2.05) is 42.5 Å². The number of fused-ring (bicyclic) bond motifs is 1. The second-order valence-electron chi connectivity index (χ2n) is 8.40. The van der Waals surface area contributed by atoms with Gasteiger partial charge in [-0.15, -0.1) is 0 Å². The summed E-state index contributed by atoms with van der Waals surface area (Å²) in [6.45, 7) is 4.77. The van der Waals surface area contributed by atoms with Crippen molar-refractivity contribution in [1.82, 2.24) is 10.2 Å². The first-order chi connectivity index (χ1) is 14.0. The summed E-state index contributed by atoms with van der Waals surface area (Å²) in [4.78, 5) is 28.2. The van der Waals surface area contributed by atoms with Crippen LogP contribution in [0.15, 0.2) is 48.5 Å². The Morgan fingerprint density at radius 1 is 1.10 bits per heavy atom. The molecule has 4 atom stereocenters. The molecule has 0 radical (unpaired) electrons. The van der Waals surface area contributed by atoms with Crippen molar-refractivity contribution in [2.75, 3.05) is 0 Å². The Hall–Kier alpha value is -2.33. The van der Waals surface area contributed by atoms with E-state index in [-0.39, 0.29) is 17.9 Å². The summed E-state index contributed by atoms with van der Waals surface area (Å²) in [5, 5.41) is 3.87. The first-order valence-electron chi connectivity index (χ1n) is 10.4. The maximum Gasteiger partial charge on any atom is 0.255 e. The fourth-order valence-electron chi connectivity index (χ4n) is 4.67. The molecular formula is C24H27ClN2O2. The summed E-state index contributed by atoms with van der Waals surface area (Å²) < 4.78 is 0. The number of hydrogen-bond acceptors (Lipinski definition) is 2. The highest BCUT2D eigenvalue weighted by Crippen LogP contribution is 2.37. The van der Waals surface area contributed by atoms with Crippen molar-refractivity contribution in [2.24, 2.45) is 11.8 Å². The standard InChI is InChI=1S/C24H27ClN2O2/c1-15-8-7-13-21(16(15)2)26-23(28)22-18-10-4-5-11-19(18)24(29)27(22)14-17-9-3-6-12-20(17)25/h3-6,9-12,15-16,21-22H,7-8,13-14H2,1-2H3,(H,26,28)/t15-,16+,21+,22+/m1/s1. The van der Waals surface area contributed by atoms with Crippen molar-refractivity contribution in [1.29, 1.82) is 0 Å². The normalized spacial score (nSPS) is 26.3. The fourth-order valence-corrected chi connectivity index (χ4v) is 4.87. The summed E-state index contributed by atoms with van der Waals surface area (Å²) in [7, 11) is 0. The zero-order valence-corrected chi connectivity index (χ0v) is 17.7. The quantitative estimate of drug-likeness (QED) is 0.772. The van der Waals surface area contributed by atoms with Gasteiger partial charge in [-0.3, -0.25) is 9.59 Å². The van der Waals surface area contributed by atoms with Crippen LogP contribution >= 0.6 is 11.6 Å². The minimum absolute atomic E-state index is 0.0960. The first-order valence-corrected chi connectivity index (χ1v) is 10.8. The lowest BCUT2D eigenvalue weighted by Gasteiger charge is -2.36. The minimum Gasteiger partial charge on any atom is -0.351 e. The average molecular weight is 411 g/mol. The van der Waals surface area contributed by atoms with Gasteiger partial charge in [0, 0.05) is 23.2 Å². The van der Waals surface area contributed by atoms with Gasteiger partial charge in [0.05, 0.1) is 0 Å². The highest BCUT2D eigenvalue weighted by atomic mass is 35.5. The Morgan fingerprint density at radius 3 is 2.62 bits per heavy atom. The SMILES string of the molecule is C[C@H]1[C@H](C)CCC[C@@H]1NC(=O)[C@@H]1c2ccccc2C(=O)N1Cc1ccccc1Cl. The zero-order chi connectivity index (χ0) is 20.5. The number of benzene rings is 2. The predicted octanol–water partition coefficient (Wildman–Crippen LogP) is 4.98. The van der Waals surface area contributed by atoms with Crippen molar-refractivity contribution < 1.29 is 9.59 Å². The second-order valence-corrected chi connectivity index (χ2v) is 8.80. The topological polar surface area (TPSA) is 49.4 Å². The molecule has 29 heavy (non-hydrogen) atoms. The van der Waals surface area contributed by atoms with Crippen molar-refractivity contribution in [3.05, 3.63) is 70.2 Å². The van der Waals surface area contributed by atoms with E-state index in [9.17, 15) is 9.59 Å². The molecule has 152 valence electrons. The summed E-state index contributed by atoms with van der Waals surface area (Å²) >= 11 is 6.34. The summed E-state index contributed by atoms with van der Waals surface area (Å²) in [5.41, 5.74) is 2.22. The van der Waals surface area contributed by atoms with Crippen LogP contribution in [0.3, 0.4) is 0 Å². The molecule has 1 N–H and O–H groups in total. The lowest BCUT2D eigenvalue weighted by molar-refractivity contribution is -0.127. The third-order valence-electron chi connectivity index (χ3n) is 6.64. The Kier molecular flexibility index (Phi) is 5.64. The average Bonchev–Trinajstić information content (AvgIpc) is 2.99. The van der Waals surface area contributed by atoms with E-state index in [4.69, 9.17) is 11.6 Å². The number of nitrogens with zero attached hydrogens (tertiary/aromatic N) is 1. The number of hydrogen-bond donors (Lipinski definition) is 1. The number of halogens is 1. The maximum atomic E-state index is 13.4. The van der Waals surface area contributed by atoms with Crippen LogP contribution in [0.4, 0.5) is 0 Å². The van der Waals surface area contributed by atoms with Gasteiger partial charge >= 0.3 is 0 Å². The molecule has 0 saturated heterocycles. The van der Waals surface area contributed by atoms with Crippen LogP contribution in [-0.4, -0.2) is 22.8 Å². The minimum atomic E-state index is -0.626. The van der Waals surface area contributed by atoms with Gasteiger partial charge < -0.3 is 10.2 Å². The van der Waals surface area contributed by atoms with Crippen molar-refractivity contribution in [2.45, 2.75) is 51.7 Å². The van der Waals surface area contributed by atoms with Crippen LogP contribution in [0.25, 0.3) is 0 Å². The van der Waals surface area contributed by atoms with Gasteiger partial charge in [0.25, 0.3) is 5.91 Å². The first kappa shape index (κ1) is 20.0. The fraction of sp³-hybridized carbons (Fsp3) is 0.417. The number of carbonyl (C=O) groups is 2. The molecule has 2 aliphatic rings. The molecule has 1 aliphatic carbocycles. The van der Waals surface area contributed by atoms with Crippen LogP contribution in [0, 0.1) is 11.8 Å². The zero-order valence-electron chi connectivity index (χ0n) is 16.9. The predicted molar refractivity (Wildman–Crippen MR) is 115 cm³/mol. The Labute approximate surface area is 177 Å². The molecular weight excluding hydrogens is 384 g/mol. The molecule has 4 nitrogen and oxygen atoms in total. The number of rotatable bonds is 4. The lowest BCUT2D eigenvalue weighted by atomic mass is 9.78. The van der Waals surface area contributed by atoms with E-state index in [1.165, 1.54) is 6.42 Å². The second kappa shape index (κ2) is 8.19. The smallest absolute Gasteiger partial charge is 0.255 e. The van der Waals surface area contributed by atoms with Crippen LogP contribution in [0.5, 0.6) is 0 Å². The van der Waals surface area contributed by atoms with Gasteiger partial charge in [0.1, 0.15) is 6.04 Å². The molecule has 0 aromatic heterocycles.